The molecule has 5 nitrogen and oxygen atoms in total. The molecular weight excluding hydrogens is 611 g/mol. The van der Waals surface area contributed by atoms with Gasteiger partial charge in [0.05, 0.1) is 11.0 Å². The lowest BCUT2D eigenvalue weighted by molar-refractivity contribution is 1.07. The van der Waals surface area contributed by atoms with Crippen LogP contribution < -0.4 is 0 Å². The van der Waals surface area contributed by atoms with Gasteiger partial charge < -0.3 is 0 Å². The summed E-state index contributed by atoms with van der Waals surface area (Å²) in [7, 11) is 0. The van der Waals surface area contributed by atoms with E-state index in [1.165, 1.54) is 5.56 Å². The van der Waals surface area contributed by atoms with Gasteiger partial charge in [-0.15, -0.1) is 0 Å². The second-order valence-electron chi connectivity index (χ2n) is 12.2. The van der Waals surface area contributed by atoms with E-state index >= 15 is 0 Å². The molecule has 0 bridgehead atoms. The van der Waals surface area contributed by atoms with Gasteiger partial charge >= 0.3 is 0 Å². The quantitative estimate of drug-likeness (QED) is 0.181. The second kappa shape index (κ2) is 12.6. The molecule has 50 heavy (non-hydrogen) atoms. The van der Waals surface area contributed by atoms with Crippen molar-refractivity contribution in [3.63, 3.8) is 0 Å². The average Bonchev–Trinajstić information content (AvgIpc) is 3.21. The highest BCUT2D eigenvalue weighted by Gasteiger charge is 2.14. The van der Waals surface area contributed by atoms with E-state index in [1.807, 2.05) is 54.9 Å². The van der Waals surface area contributed by atoms with Crippen LogP contribution in [0.25, 0.3) is 89.4 Å². The van der Waals surface area contributed by atoms with Gasteiger partial charge in [0.15, 0.2) is 17.5 Å². The maximum atomic E-state index is 5.00. The van der Waals surface area contributed by atoms with Crippen LogP contribution in [0.5, 0.6) is 0 Å². The Morgan fingerprint density at radius 2 is 0.580 bits per heavy atom. The molecule has 0 N–H and O–H groups in total. The van der Waals surface area contributed by atoms with Crippen molar-refractivity contribution >= 4 is 21.8 Å². The number of nitrogens with zero attached hydrogens (tertiary/aromatic N) is 5. The summed E-state index contributed by atoms with van der Waals surface area (Å²) in [5, 5.41) is 2.23. The van der Waals surface area contributed by atoms with Crippen molar-refractivity contribution in [1.82, 2.24) is 24.9 Å². The fraction of sp³-hybridized carbons (Fsp3) is 0. The molecule has 3 aromatic heterocycles. The molecule has 0 radical (unpaired) electrons. The number of rotatable bonds is 6. The number of benzene rings is 6. The number of aromatic nitrogens is 5. The van der Waals surface area contributed by atoms with Gasteiger partial charge in [0.25, 0.3) is 0 Å². The molecule has 234 valence electrons. The fourth-order valence-corrected chi connectivity index (χ4v) is 6.29. The third-order valence-corrected chi connectivity index (χ3v) is 9.02. The molecular formula is C45H29N5. The molecule has 0 amide bonds. The third kappa shape index (κ3) is 5.78. The van der Waals surface area contributed by atoms with Gasteiger partial charge in [0.2, 0.25) is 0 Å². The summed E-state index contributed by atoms with van der Waals surface area (Å²) in [6, 6.07) is 56.1. The zero-order chi connectivity index (χ0) is 33.3. The van der Waals surface area contributed by atoms with Crippen molar-refractivity contribution < 1.29 is 0 Å². The van der Waals surface area contributed by atoms with Gasteiger partial charge in [-0.25, -0.2) is 15.0 Å². The lowest BCUT2D eigenvalue weighted by Crippen LogP contribution is -2.00. The van der Waals surface area contributed by atoms with Crippen molar-refractivity contribution in [2.75, 3.05) is 0 Å². The Bertz CT molecular complexity index is 2470. The number of para-hydroxylation sites is 2. The summed E-state index contributed by atoms with van der Waals surface area (Å²) in [6.45, 7) is 0. The van der Waals surface area contributed by atoms with Gasteiger partial charge in [-0.3, -0.25) is 9.97 Å². The Kier molecular flexibility index (Phi) is 7.41. The van der Waals surface area contributed by atoms with Crippen LogP contribution >= 0.6 is 0 Å². The van der Waals surface area contributed by atoms with Gasteiger partial charge in [0, 0.05) is 51.0 Å². The molecule has 0 spiro atoms. The molecule has 5 heteroatoms. The van der Waals surface area contributed by atoms with Gasteiger partial charge in [0.1, 0.15) is 0 Å². The molecule has 0 saturated carbocycles. The maximum absolute atomic E-state index is 5.00. The highest BCUT2D eigenvalue weighted by atomic mass is 15.0. The Balaban J connectivity index is 1.09. The Labute approximate surface area is 289 Å². The zero-order valence-electron chi connectivity index (χ0n) is 27.0. The first-order valence-corrected chi connectivity index (χ1v) is 16.6. The topological polar surface area (TPSA) is 64.5 Å². The number of fused-ring (bicyclic) bond motifs is 2. The van der Waals surface area contributed by atoms with Gasteiger partial charge in [-0.2, -0.15) is 0 Å². The van der Waals surface area contributed by atoms with Crippen molar-refractivity contribution in [3.8, 4) is 67.5 Å². The van der Waals surface area contributed by atoms with E-state index in [-0.39, 0.29) is 0 Å². The molecule has 0 aliphatic heterocycles. The van der Waals surface area contributed by atoms with Crippen molar-refractivity contribution in [1.29, 1.82) is 0 Å². The van der Waals surface area contributed by atoms with Crippen LogP contribution in [0.3, 0.4) is 0 Å². The molecule has 0 fully saturated rings. The smallest absolute Gasteiger partial charge is 0.164 e. The van der Waals surface area contributed by atoms with E-state index in [1.54, 1.807) is 0 Å². The molecule has 9 aromatic rings. The summed E-state index contributed by atoms with van der Waals surface area (Å²) in [6.07, 6.45) is 3.85. The summed E-state index contributed by atoms with van der Waals surface area (Å²) in [5.41, 5.74) is 11.3. The van der Waals surface area contributed by atoms with E-state index in [9.17, 15) is 0 Å². The largest absolute Gasteiger partial charge is 0.256 e. The second-order valence-corrected chi connectivity index (χ2v) is 12.2. The van der Waals surface area contributed by atoms with Crippen LogP contribution in [0.1, 0.15) is 0 Å². The van der Waals surface area contributed by atoms with Crippen LogP contribution in [0, 0.1) is 0 Å². The van der Waals surface area contributed by atoms with Crippen LogP contribution in [0.2, 0.25) is 0 Å². The minimum atomic E-state index is 0.614. The minimum Gasteiger partial charge on any atom is -0.256 e. The standard InChI is InChI=1S/C45H29N5/c1-2-8-30(9-3-1)31-14-20-34(21-15-31)43-48-44(35-22-16-32(17-23-35)39-26-37-10-4-6-12-41(37)46-28-39)50-45(49-43)36-24-18-33(19-25-36)40-27-38-11-5-7-13-42(38)47-29-40/h1-29H. The number of hydrogen-bond acceptors (Lipinski definition) is 5. The predicted molar refractivity (Wildman–Crippen MR) is 203 cm³/mol. The lowest BCUT2D eigenvalue weighted by atomic mass is 10.0. The zero-order valence-corrected chi connectivity index (χ0v) is 27.0. The van der Waals surface area contributed by atoms with Crippen LogP contribution in [-0.4, -0.2) is 24.9 Å². The maximum Gasteiger partial charge on any atom is 0.164 e. The Morgan fingerprint density at radius 3 is 1.00 bits per heavy atom. The summed E-state index contributed by atoms with van der Waals surface area (Å²) in [4.78, 5) is 24.3. The van der Waals surface area contributed by atoms with Crippen molar-refractivity contribution in [2.24, 2.45) is 0 Å². The van der Waals surface area contributed by atoms with Crippen molar-refractivity contribution in [2.45, 2.75) is 0 Å². The third-order valence-electron chi connectivity index (χ3n) is 9.02. The molecule has 9 rings (SSSR count). The van der Waals surface area contributed by atoms with E-state index in [0.717, 1.165) is 66.3 Å². The summed E-state index contributed by atoms with van der Waals surface area (Å²) in [5.74, 6) is 1.85. The minimum absolute atomic E-state index is 0.614. The normalized spacial score (nSPS) is 11.2. The molecule has 0 unspecified atom stereocenters. The Hall–Kier alpha value is -6.85. The number of pyridine rings is 2. The Morgan fingerprint density at radius 1 is 0.260 bits per heavy atom. The van der Waals surface area contributed by atoms with Crippen molar-refractivity contribution in [3.05, 3.63) is 176 Å². The van der Waals surface area contributed by atoms with Crippen LogP contribution in [-0.2, 0) is 0 Å². The lowest BCUT2D eigenvalue weighted by Gasteiger charge is -2.10. The molecule has 0 aliphatic carbocycles. The van der Waals surface area contributed by atoms with E-state index in [4.69, 9.17) is 15.0 Å². The molecule has 0 atom stereocenters. The molecule has 6 aromatic carbocycles. The summed E-state index contributed by atoms with van der Waals surface area (Å²) >= 11 is 0. The highest BCUT2D eigenvalue weighted by Crippen LogP contribution is 2.31. The van der Waals surface area contributed by atoms with E-state index in [2.05, 4.69) is 131 Å². The molecule has 3 heterocycles. The molecule has 0 saturated heterocycles. The monoisotopic (exact) mass is 639 g/mol. The first kappa shape index (κ1) is 29.3. The number of hydrogen-bond donors (Lipinski definition) is 0. The first-order valence-electron chi connectivity index (χ1n) is 16.6. The van der Waals surface area contributed by atoms with E-state index in [0.29, 0.717) is 17.5 Å². The van der Waals surface area contributed by atoms with Gasteiger partial charge in [-0.05, 0) is 46.5 Å². The predicted octanol–water partition coefficient (Wildman–Crippen LogP) is 11.0. The van der Waals surface area contributed by atoms with Crippen LogP contribution in [0.4, 0.5) is 0 Å². The molecule has 0 aliphatic rings. The first-order chi connectivity index (χ1) is 24.7. The highest BCUT2D eigenvalue weighted by molar-refractivity contribution is 5.85. The van der Waals surface area contributed by atoms with Crippen LogP contribution in [0.15, 0.2) is 176 Å². The van der Waals surface area contributed by atoms with Gasteiger partial charge in [-0.1, -0.05) is 140 Å². The van der Waals surface area contributed by atoms with E-state index < -0.39 is 0 Å². The average molecular weight is 640 g/mol. The SMILES string of the molecule is c1ccc(-c2ccc(-c3nc(-c4ccc(-c5cnc6ccccc6c5)cc4)nc(-c4ccc(-c5cnc6ccccc6c5)cc4)n3)cc2)cc1. The summed E-state index contributed by atoms with van der Waals surface area (Å²) < 4.78 is 0. The fourth-order valence-electron chi connectivity index (χ4n) is 6.29.